The van der Waals surface area contributed by atoms with E-state index in [4.69, 9.17) is 4.74 Å². The van der Waals surface area contributed by atoms with Gasteiger partial charge in [-0.3, -0.25) is 0 Å². The van der Waals surface area contributed by atoms with Gasteiger partial charge in [-0.25, -0.2) is 4.98 Å². The first-order valence-corrected chi connectivity index (χ1v) is 6.61. The summed E-state index contributed by atoms with van der Waals surface area (Å²) in [6.07, 6.45) is 4.25. The van der Waals surface area contributed by atoms with E-state index < -0.39 is 0 Å². The van der Waals surface area contributed by atoms with Crippen molar-refractivity contribution in [2.45, 2.75) is 19.8 Å². The number of hydrogen-bond donors (Lipinski definition) is 2. The van der Waals surface area contributed by atoms with Gasteiger partial charge in [0, 0.05) is 31.8 Å². The Morgan fingerprint density at radius 1 is 1.56 bits per heavy atom. The predicted octanol–water partition coefficient (Wildman–Crippen LogP) is 1.82. The van der Waals surface area contributed by atoms with Gasteiger partial charge in [0.1, 0.15) is 5.82 Å². The van der Waals surface area contributed by atoms with Gasteiger partial charge in [-0.1, -0.05) is 6.07 Å². The molecule has 1 aromatic heterocycles. The summed E-state index contributed by atoms with van der Waals surface area (Å²) in [5, 5.41) is 6.95. The number of nitrogens with zero attached hydrogens (tertiary/aromatic N) is 1. The molecule has 1 fully saturated rings. The zero-order chi connectivity index (χ0) is 12.8. The largest absolute Gasteiger partial charge is 0.384 e. The Morgan fingerprint density at radius 2 is 2.44 bits per heavy atom. The van der Waals surface area contributed by atoms with E-state index in [9.17, 15) is 0 Å². The molecule has 1 atom stereocenters. The molecule has 0 spiro atoms. The van der Waals surface area contributed by atoms with E-state index in [1.807, 2.05) is 12.3 Å². The van der Waals surface area contributed by atoms with E-state index in [1.165, 1.54) is 18.4 Å². The molecule has 2 rings (SSSR count). The number of aromatic nitrogens is 1. The molecule has 4 nitrogen and oxygen atoms in total. The lowest BCUT2D eigenvalue weighted by atomic mass is 9.81. The molecule has 1 aromatic rings. The van der Waals surface area contributed by atoms with Crippen molar-refractivity contribution in [1.82, 2.24) is 10.3 Å². The first-order chi connectivity index (χ1) is 8.76. The van der Waals surface area contributed by atoms with Crippen LogP contribution in [-0.4, -0.2) is 38.3 Å². The van der Waals surface area contributed by atoms with Crippen LogP contribution in [0.4, 0.5) is 5.82 Å². The van der Waals surface area contributed by atoms with Crippen molar-refractivity contribution in [3.63, 3.8) is 0 Å². The maximum Gasteiger partial charge on any atom is 0.128 e. The van der Waals surface area contributed by atoms with Crippen molar-refractivity contribution < 1.29 is 4.74 Å². The van der Waals surface area contributed by atoms with Crippen LogP contribution in [-0.2, 0) is 4.74 Å². The lowest BCUT2D eigenvalue weighted by Gasteiger charge is -2.37. The smallest absolute Gasteiger partial charge is 0.128 e. The van der Waals surface area contributed by atoms with Crippen molar-refractivity contribution in [1.29, 1.82) is 0 Å². The molecule has 18 heavy (non-hydrogen) atoms. The van der Waals surface area contributed by atoms with Crippen molar-refractivity contribution in [3.05, 3.63) is 23.9 Å². The average Bonchev–Trinajstić information content (AvgIpc) is 2.39. The van der Waals surface area contributed by atoms with Gasteiger partial charge in [0.25, 0.3) is 0 Å². The monoisotopic (exact) mass is 249 g/mol. The molecule has 100 valence electrons. The van der Waals surface area contributed by atoms with Crippen molar-refractivity contribution in [2.24, 2.45) is 5.41 Å². The van der Waals surface area contributed by atoms with E-state index in [0.717, 1.165) is 32.1 Å². The summed E-state index contributed by atoms with van der Waals surface area (Å²) in [5.41, 5.74) is 1.38. The van der Waals surface area contributed by atoms with Crippen LogP contribution >= 0.6 is 0 Å². The van der Waals surface area contributed by atoms with Crippen LogP contribution in [0.3, 0.4) is 0 Å². The third kappa shape index (κ3) is 3.21. The SMILES string of the molecule is COCC1(CNc2ncccc2C)CCCNC1. The summed E-state index contributed by atoms with van der Waals surface area (Å²) < 4.78 is 5.40. The van der Waals surface area contributed by atoms with Crippen LogP contribution in [0.15, 0.2) is 18.3 Å². The van der Waals surface area contributed by atoms with Crippen LogP contribution < -0.4 is 10.6 Å². The van der Waals surface area contributed by atoms with Gasteiger partial charge in [-0.2, -0.15) is 0 Å². The molecular formula is C14H23N3O. The fraction of sp³-hybridized carbons (Fsp3) is 0.643. The highest BCUT2D eigenvalue weighted by Gasteiger charge is 2.32. The maximum absolute atomic E-state index is 5.40. The highest BCUT2D eigenvalue weighted by Crippen LogP contribution is 2.27. The Bertz CT molecular complexity index is 370. The molecule has 4 heteroatoms. The normalized spacial score (nSPS) is 23.9. The van der Waals surface area contributed by atoms with Gasteiger partial charge in [-0.15, -0.1) is 0 Å². The molecule has 1 aliphatic heterocycles. The van der Waals surface area contributed by atoms with Gasteiger partial charge in [0.05, 0.1) is 6.61 Å². The summed E-state index contributed by atoms with van der Waals surface area (Å²) in [6.45, 7) is 5.91. The van der Waals surface area contributed by atoms with E-state index in [-0.39, 0.29) is 5.41 Å². The van der Waals surface area contributed by atoms with Gasteiger partial charge >= 0.3 is 0 Å². The first-order valence-electron chi connectivity index (χ1n) is 6.61. The number of rotatable bonds is 5. The molecule has 2 N–H and O–H groups in total. The Kier molecular flexibility index (Phi) is 4.55. The Labute approximate surface area is 109 Å². The number of hydrogen-bond acceptors (Lipinski definition) is 4. The molecule has 0 amide bonds. The summed E-state index contributed by atoms with van der Waals surface area (Å²) in [6, 6.07) is 4.05. The maximum atomic E-state index is 5.40. The number of pyridine rings is 1. The predicted molar refractivity (Wildman–Crippen MR) is 73.9 cm³/mol. The van der Waals surface area contributed by atoms with E-state index >= 15 is 0 Å². The number of methoxy groups -OCH3 is 1. The second-order valence-corrected chi connectivity index (χ2v) is 5.24. The lowest BCUT2D eigenvalue weighted by molar-refractivity contribution is 0.0679. The molecule has 0 aromatic carbocycles. The van der Waals surface area contributed by atoms with Crippen LogP contribution in [0.5, 0.6) is 0 Å². The molecular weight excluding hydrogens is 226 g/mol. The number of ether oxygens (including phenoxy) is 1. The fourth-order valence-electron chi connectivity index (χ4n) is 2.60. The van der Waals surface area contributed by atoms with Gasteiger partial charge in [0.2, 0.25) is 0 Å². The Hall–Kier alpha value is -1.13. The standard InChI is InChI=1S/C14H23N3O/c1-12-5-3-8-16-13(12)17-10-14(11-18-2)6-4-7-15-9-14/h3,5,8,15H,4,6-7,9-11H2,1-2H3,(H,16,17). The molecule has 2 heterocycles. The topological polar surface area (TPSA) is 46.2 Å². The van der Waals surface area contributed by atoms with E-state index in [0.29, 0.717) is 0 Å². The van der Waals surface area contributed by atoms with Gasteiger partial charge < -0.3 is 15.4 Å². The first kappa shape index (κ1) is 13.3. The molecule has 0 saturated carbocycles. The Morgan fingerprint density at radius 3 is 3.11 bits per heavy atom. The van der Waals surface area contributed by atoms with E-state index in [2.05, 4.69) is 28.6 Å². The minimum atomic E-state index is 0.191. The second kappa shape index (κ2) is 6.16. The minimum Gasteiger partial charge on any atom is -0.384 e. The highest BCUT2D eigenvalue weighted by molar-refractivity contribution is 5.42. The molecule has 0 aliphatic carbocycles. The van der Waals surface area contributed by atoms with Crippen LogP contribution in [0.1, 0.15) is 18.4 Å². The Balaban J connectivity index is 1.99. The number of piperidine rings is 1. The molecule has 1 aliphatic rings. The summed E-state index contributed by atoms with van der Waals surface area (Å²) in [4.78, 5) is 4.38. The summed E-state index contributed by atoms with van der Waals surface area (Å²) in [7, 11) is 1.78. The summed E-state index contributed by atoms with van der Waals surface area (Å²) in [5.74, 6) is 0.985. The quantitative estimate of drug-likeness (QED) is 0.835. The average molecular weight is 249 g/mol. The highest BCUT2D eigenvalue weighted by atomic mass is 16.5. The van der Waals surface area contributed by atoms with Gasteiger partial charge in [-0.05, 0) is 37.9 Å². The van der Waals surface area contributed by atoms with Crippen molar-refractivity contribution in [3.8, 4) is 0 Å². The molecule has 1 unspecified atom stereocenters. The lowest BCUT2D eigenvalue weighted by Crippen LogP contribution is -2.47. The van der Waals surface area contributed by atoms with Crippen LogP contribution in [0.25, 0.3) is 0 Å². The van der Waals surface area contributed by atoms with Gasteiger partial charge in [0.15, 0.2) is 0 Å². The molecule has 0 radical (unpaired) electrons. The third-order valence-electron chi connectivity index (χ3n) is 3.65. The van der Waals surface area contributed by atoms with Crippen LogP contribution in [0, 0.1) is 12.3 Å². The van der Waals surface area contributed by atoms with Crippen molar-refractivity contribution in [2.75, 3.05) is 38.7 Å². The third-order valence-corrected chi connectivity index (χ3v) is 3.65. The van der Waals surface area contributed by atoms with Crippen LogP contribution in [0.2, 0.25) is 0 Å². The fourth-order valence-corrected chi connectivity index (χ4v) is 2.60. The number of nitrogens with one attached hydrogen (secondary N) is 2. The molecule has 1 saturated heterocycles. The zero-order valence-electron chi connectivity index (χ0n) is 11.3. The second-order valence-electron chi connectivity index (χ2n) is 5.24. The van der Waals surface area contributed by atoms with Crippen molar-refractivity contribution >= 4 is 5.82 Å². The zero-order valence-corrected chi connectivity index (χ0v) is 11.3. The number of anilines is 1. The molecule has 0 bridgehead atoms. The van der Waals surface area contributed by atoms with E-state index in [1.54, 1.807) is 7.11 Å². The summed E-state index contributed by atoms with van der Waals surface area (Å²) >= 11 is 0. The number of aryl methyl sites for hydroxylation is 1. The minimum absolute atomic E-state index is 0.191.